The number of aromatic nitrogens is 1. The van der Waals surface area contributed by atoms with Gasteiger partial charge in [-0.2, -0.15) is 5.26 Å². The Kier molecular flexibility index (Phi) is 5.95. The summed E-state index contributed by atoms with van der Waals surface area (Å²) in [6.45, 7) is 0. The largest absolute Gasteiger partial charge is 0.433 e. The highest BCUT2D eigenvalue weighted by Crippen LogP contribution is 2.49. The summed E-state index contributed by atoms with van der Waals surface area (Å²) in [5.74, 6) is -0.464. The Morgan fingerprint density at radius 1 is 1.06 bits per heavy atom. The fourth-order valence-electron chi connectivity index (χ4n) is 4.93. The Bertz CT molecular complexity index is 1490. The molecule has 2 aliphatic carbocycles. The fraction of sp³-hybridized carbons (Fsp3) is 0.407. The summed E-state index contributed by atoms with van der Waals surface area (Å²) >= 11 is 0. The van der Waals surface area contributed by atoms with Crippen molar-refractivity contribution in [2.45, 2.75) is 61.8 Å². The molecule has 0 radical (unpaired) electrons. The van der Waals surface area contributed by atoms with Crippen LogP contribution in [-0.2, 0) is 14.6 Å². The van der Waals surface area contributed by atoms with Gasteiger partial charge in [-0.25, -0.2) is 13.4 Å². The first-order valence-corrected chi connectivity index (χ1v) is 14.0. The molecule has 0 spiro atoms. The van der Waals surface area contributed by atoms with E-state index in [2.05, 4.69) is 16.4 Å². The predicted molar refractivity (Wildman–Crippen MR) is 133 cm³/mol. The van der Waals surface area contributed by atoms with Crippen LogP contribution in [0.25, 0.3) is 22.4 Å². The van der Waals surface area contributed by atoms with Gasteiger partial charge in [0.05, 0.1) is 27.6 Å². The fourth-order valence-corrected chi connectivity index (χ4v) is 5.56. The highest BCUT2D eigenvalue weighted by Gasteiger charge is 2.50. The van der Waals surface area contributed by atoms with Crippen LogP contribution < -0.4 is 5.32 Å². The predicted octanol–water partition coefficient (Wildman–Crippen LogP) is 4.59. The van der Waals surface area contributed by atoms with Crippen molar-refractivity contribution < 1.29 is 22.4 Å². The van der Waals surface area contributed by atoms with Gasteiger partial charge in [0.25, 0.3) is 5.91 Å². The van der Waals surface area contributed by atoms with Crippen LogP contribution in [0.2, 0.25) is 0 Å². The van der Waals surface area contributed by atoms with Crippen molar-refractivity contribution in [2.24, 2.45) is 5.41 Å². The molecule has 186 valence electrons. The van der Waals surface area contributed by atoms with Gasteiger partial charge < -0.3 is 9.73 Å². The lowest BCUT2D eigenvalue weighted by Gasteiger charge is -2.37. The van der Waals surface area contributed by atoms with Crippen LogP contribution >= 0.6 is 0 Å². The van der Waals surface area contributed by atoms with Crippen molar-refractivity contribution in [3.63, 3.8) is 0 Å². The number of sulfone groups is 1. The summed E-state index contributed by atoms with van der Waals surface area (Å²) in [6, 6.07) is 13.8. The maximum absolute atomic E-state index is 13.3. The maximum atomic E-state index is 13.3. The number of Topliss-reactive ketones (excluding diaryl/α,β-unsaturated/α-hetero) is 1. The molecule has 2 aliphatic rings. The molecule has 2 fully saturated rings. The third kappa shape index (κ3) is 4.65. The number of nitrogens with one attached hydrogen (secondary N) is 1. The quantitative estimate of drug-likeness (QED) is 0.497. The average molecular weight is 506 g/mol. The SMILES string of the molecule is CS(=O)(=O)c1ccc(-c2ccc3cc(C(=O)NC4(C(=O)CC5(C#N)CC5)CCCCC4)oc3n2)cc1. The second-order valence-electron chi connectivity index (χ2n) is 10.1. The summed E-state index contributed by atoms with van der Waals surface area (Å²) < 4.78 is 29.2. The standard InChI is InChI=1S/C27H27N3O5S/c1-36(33,34)20-8-5-18(6-9-20)21-10-7-19-15-22(35-25(19)29-21)24(32)30-27(11-3-2-4-12-27)23(31)16-26(17-28)13-14-26/h5-10,15H,2-4,11-14,16H2,1H3,(H,30,32). The molecule has 36 heavy (non-hydrogen) atoms. The van der Waals surface area contributed by atoms with Crippen molar-refractivity contribution in [1.29, 1.82) is 5.26 Å². The molecule has 2 saturated carbocycles. The Labute approximate surface area is 209 Å². The number of carbonyl (C=O) groups is 2. The van der Waals surface area contributed by atoms with Gasteiger partial charge in [0.15, 0.2) is 21.4 Å². The Morgan fingerprint density at radius 3 is 2.36 bits per heavy atom. The minimum Gasteiger partial charge on any atom is -0.433 e. The van der Waals surface area contributed by atoms with E-state index in [4.69, 9.17) is 4.42 Å². The number of benzene rings is 1. The highest BCUT2D eigenvalue weighted by atomic mass is 32.2. The molecule has 0 atom stereocenters. The molecule has 0 aliphatic heterocycles. The number of hydrogen-bond acceptors (Lipinski definition) is 7. The van der Waals surface area contributed by atoms with Gasteiger partial charge in [0, 0.05) is 23.6 Å². The number of amides is 1. The van der Waals surface area contributed by atoms with E-state index in [-0.39, 0.29) is 28.6 Å². The van der Waals surface area contributed by atoms with Crippen molar-refractivity contribution in [2.75, 3.05) is 6.26 Å². The van der Waals surface area contributed by atoms with Crippen molar-refractivity contribution in [1.82, 2.24) is 10.3 Å². The normalized spacial score (nSPS) is 18.3. The molecule has 0 saturated heterocycles. The monoisotopic (exact) mass is 505 g/mol. The van der Waals surface area contributed by atoms with E-state index >= 15 is 0 Å². The van der Waals surface area contributed by atoms with Gasteiger partial charge in [0.1, 0.15) is 0 Å². The summed E-state index contributed by atoms with van der Waals surface area (Å²) in [6.07, 6.45) is 6.60. The van der Waals surface area contributed by atoms with Gasteiger partial charge in [-0.05, 0) is 56.0 Å². The zero-order valence-electron chi connectivity index (χ0n) is 20.0. The van der Waals surface area contributed by atoms with E-state index in [0.717, 1.165) is 38.4 Å². The molecule has 8 nitrogen and oxygen atoms in total. The first-order chi connectivity index (χ1) is 17.1. The molecule has 1 aromatic carbocycles. The van der Waals surface area contributed by atoms with E-state index in [1.165, 1.54) is 12.1 Å². The number of nitriles is 1. The van der Waals surface area contributed by atoms with Crippen LogP contribution in [0.5, 0.6) is 0 Å². The Hall–Kier alpha value is -3.51. The molecule has 2 aromatic heterocycles. The number of nitrogens with zero attached hydrogens (tertiary/aromatic N) is 2. The van der Waals surface area contributed by atoms with Gasteiger partial charge >= 0.3 is 0 Å². The first kappa shape index (κ1) is 24.2. The van der Waals surface area contributed by atoms with Crippen LogP contribution in [0.1, 0.15) is 61.9 Å². The van der Waals surface area contributed by atoms with Gasteiger partial charge in [-0.3, -0.25) is 9.59 Å². The lowest BCUT2D eigenvalue weighted by Crippen LogP contribution is -2.56. The second-order valence-corrected chi connectivity index (χ2v) is 12.1. The zero-order valence-corrected chi connectivity index (χ0v) is 20.9. The van der Waals surface area contributed by atoms with E-state index in [9.17, 15) is 23.3 Å². The van der Waals surface area contributed by atoms with E-state index < -0.39 is 26.7 Å². The molecule has 0 bridgehead atoms. The number of carbonyl (C=O) groups excluding carboxylic acids is 2. The number of fused-ring (bicyclic) bond motifs is 1. The van der Waals surface area contributed by atoms with Crippen LogP contribution in [0.4, 0.5) is 0 Å². The third-order valence-electron chi connectivity index (χ3n) is 7.37. The third-order valence-corrected chi connectivity index (χ3v) is 8.50. The average Bonchev–Trinajstić information content (AvgIpc) is 3.51. The Balaban J connectivity index is 1.38. The molecule has 1 amide bonds. The molecule has 9 heteroatoms. The molecule has 5 rings (SSSR count). The van der Waals surface area contributed by atoms with Crippen LogP contribution in [0, 0.1) is 16.7 Å². The number of furan rings is 1. The number of hydrogen-bond donors (Lipinski definition) is 1. The molecular weight excluding hydrogens is 478 g/mol. The van der Waals surface area contributed by atoms with Crippen molar-refractivity contribution >= 4 is 32.6 Å². The Morgan fingerprint density at radius 2 is 1.75 bits per heavy atom. The van der Waals surface area contributed by atoms with Crippen molar-refractivity contribution in [3.8, 4) is 17.3 Å². The number of pyridine rings is 1. The summed E-state index contributed by atoms with van der Waals surface area (Å²) in [7, 11) is -3.30. The zero-order chi connectivity index (χ0) is 25.6. The van der Waals surface area contributed by atoms with Crippen LogP contribution in [0.15, 0.2) is 51.8 Å². The van der Waals surface area contributed by atoms with E-state index in [1.807, 2.05) is 0 Å². The smallest absolute Gasteiger partial charge is 0.287 e. The summed E-state index contributed by atoms with van der Waals surface area (Å²) in [5.41, 5.74) is 0.0286. The lowest BCUT2D eigenvalue weighted by molar-refractivity contribution is -0.127. The minimum absolute atomic E-state index is 0.0661. The molecule has 1 N–H and O–H groups in total. The van der Waals surface area contributed by atoms with Crippen molar-refractivity contribution in [3.05, 3.63) is 48.2 Å². The number of rotatable bonds is 7. The van der Waals surface area contributed by atoms with Crippen LogP contribution in [-0.4, -0.2) is 36.9 Å². The highest BCUT2D eigenvalue weighted by molar-refractivity contribution is 7.90. The molecule has 2 heterocycles. The van der Waals surface area contributed by atoms with E-state index in [1.54, 1.807) is 30.3 Å². The van der Waals surface area contributed by atoms with Gasteiger partial charge in [0.2, 0.25) is 5.71 Å². The van der Waals surface area contributed by atoms with Gasteiger partial charge in [-0.15, -0.1) is 0 Å². The molecular formula is C27H27N3O5S. The lowest BCUT2D eigenvalue weighted by atomic mass is 9.75. The summed E-state index contributed by atoms with van der Waals surface area (Å²) in [5, 5.41) is 13.1. The van der Waals surface area contributed by atoms with E-state index in [0.29, 0.717) is 29.5 Å². The summed E-state index contributed by atoms with van der Waals surface area (Å²) in [4.78, 5) is 31.3. The molecule has 0 unspecified atom stereocenters. The van der Waals surface area contributed by atoms with Gasteiger partial charge in [-0.1, -0.05) is 31.4 Å². The number of ketones is 1. The van der Waals surface area contributed by atoms with Crippen LogP contribution in [0.3, 0.4) is 0 Å². The maximum Gasteiger partial charge on any atom is 0.287 e. The topological polar surface area (TPSA) is 130 Å². The second kappa shape index (κ2) is 8.86. The first-order valence-electron chi connectivity index (χ1n) is 12.1. The molecule has 3 aromatic rings. The minimum atomic E-state index is -3.30.